The van der Waals surface area contributed by atoms with Crippen molar-refractivity contribution in [3.63, 3.8) is 0 Å². The molecular formula is C18H17N3O2S. The molecule has 5 nitrogen and oxygen atoms in total. The zero-order valence-electron chi connectivity index (χ0n) is 13.3. The van der Waals surface area contributed by atoms with E-state index in [1.54, 1.807) is 42.0 Å². The van der Waals surface area contributed by atoms with Crippen LogP contribution in [-0.2, 0) is 13.2 Å². The summed E-state index contributed by atoms with van der Waals surface area (Å²) in [6.07, 6.45) is 3.44. The Morgan fingerprint density at radius 1 is 1.21 bits per heavy atom. The minimum Gasteiger partial charge on any atom is -0.486 e. The summed E-state index contributed by atoms with van der Waals surface area (Å²) >= 11 is 1.52. The summed E-state index contributed by atoms with van der Waals surface area (Å²) in [7, 11) is 1.78. The van der Waals surface area contributed by atoms with Crippen molar-refractivity contribution in [2.45, 2.75) is 13.2 Å². The van der Waals surface area contributed by atoms with Gasteiger partial charge in [-0.2, -0.15) is 0 Å². The lowest BCUT2D eigenvalue weighted by atomic mass is 10.1. The number of nitrogens with zero attached hydrogens (tertiary/aromatic N) is 3. The van der Waals surface area contributed by atoms with Crippen molar-refractivity contribution < 1.29 is 9.53 Å². The number of para-hydroxylation sites is 1. The zero-order chi connectivity index (χ0) is 16.8. The lowest BCUT2D eigenvalue weighted by Crippen LogP contribution is -2.26. The molecule has 24 heavy (non-hydrogen) atoms. The molecule has 0 aliphatic heterocycles. The van der Waals surface area contributed by atoms with E-state index in [0.717, 1.165) is 11.3 Å². The first-order valence-electron chi connectivity index (χ1n) is 7.47. The van der Waals surface area contributed by atoms with E-state index in [1.165, 1.54) is 11.3 Å². The molecule has 2 heterocycles. The van der Waals surface area contributed by atoms with Crippen LogP contribution in [0.3, 0.4) is 0 Å². The third-order valence-electron chi connectivity index (χ3n) is 3.49. The molecule has 0 saturated heterocycles. The van der Waals surface area contributed by atoms with Crippen LogP contribution in [-0.4, -0.2) is 27.8 Å². The standard InChI is InChI=1S/C18H17N3O2S/c1-21(10-14-6-8-19-9-7-14)18(22)16-4-2-3-5-17(16)23-11-15-12-24-13-20-15/h2-9,12-13H,10-11H2,1H3. The summed E-state index contributed by atoms with van der Waals surface area (Å²) in [5.74, 6) is 0.484. The maximum absolute atomic E-state index is 12.7. The molecule has 122 valence electrons. The average molecular weight is 339 g/mol. The van der Waals surface area contributed by atoms with Crippen molar-refractivity contribution in [3.8, 4) is 5.75 Å². The molecular weight excluding hydrogens is 322 g/mol. The summed E-state index contributed by atoms with van der Waals surface area (Å²) in [6.45, 7) is 0.865. The Bertz CT molecular complexity index is 791. The van der Waals surface area contributed by atoms with Gasteiger partial charge in [0.05, 0.1) is 16.8 Å². The number of pyridine rings is 1. The molecule has 3 rings (SSSR count). The van der Waals surface area contributed by atoms with Crippen LogP contribution in [0.2, 0.25) is 0 Å². The smallest absolute Gasteiger partial charge is 0.257 e. The molecule has 0 spiro atoms. The lowest BCUT2D eigenvalue weighted by Gasteiger charge is -2.19. The Morgan fingerprint density at radius 2 is 2.00 bits per heavy atom. The first kappa shape index (κ1) is 16.1. The first-order valence-corrected chi connectivity index (χ1v) is 8.41. The van der Waals surface area contributed by atoms with Crippen LogP contribution in [0.1, 0.15) is 21.6 Å². The van der Waals surface area contributed by atoms with Gasteiger partial charge in [-0.15, -0.1) is 11.3 Å². The Balaban J connectivity index is 1.72. The Morgan fingerprint density at radius 3 is 2.75 bits per heavy atom. The normalized spacial score (nSPS) is 10.4. The van der Waals surface area contributed by atoms with Gasteiger partial charge in [-0.1, -0.05) is 12.1 Å². The average Bonchev–Trinajstić information content (AvgIpc) is 3.14. The highest BCUT2D eigenvalue weighted by Crippen LogP contribution is 2.21. The Kier molecular flexibility index (Phi) is 5.18. The van der Waals surface area contributed by atoms with E-state index in [0.29, 0.717) is 24.5 Å². The van der Waals surface area contributed by atoms with Gasteiger partial charge in [0.2, 0.25) is 0 Å². The van der Waals surface area contributed by atoms with Gasteiger partial charge in [0, 0.05) is 31.4 Å². The second kappa shape index (κ2) is 7.70. The second-order valence-electron chi connectivity index (χ2n) is 5.28. The molecule has 0 unspecified atom stereocenters. The predicted molar refractivity (Wildman–Crippen MR) is 92.9 cm³/mol. The molecule has 0 radical (unpaired) electrons. The van der Waals surface area contributed by atoms with Crippen LogP contribution in [0.4, 0.5) is 0 Å². The minimum atomic E-state index is -0.0827. The number of ether oxygens (including phenoxy) is 1. The van der Waals surface area contributed by atoms with Crippen molar-refractivity contribution in [1.82, 2.24) is 14.9 Å². The number of rotatable bonds is 6. The molecule has 0 bridgehead atoms. The van der Waals surface area contributed by atoms with E-state index >= 15 is 0 Å². The maximum Gasteiger partial charge on any atom is 0.257 e. The molecule has 0 saturated carbocycles. The molecule has 6 heteroatoms. The van der Waals surface area contributed by atoms with Crippen LogP contribution in [0.5, 0.6) is 5.75 Å². The van der Waals surface area contributed by atoms with Gasteiger partial charge in [-0.05, 0) is 29.8 Å². The van der Waals surface area contributed by atoms with Crippen LogP contribution in [0.15, 0.2) is 59.7 Å². The van der Waals surface area contributed by atoms with Gasteiger partial charge in [0.15, 0.2) is 0 Å². The highest BCUT2D eigenvalue weighted by Gasteiger charge is 2.17. The zero-order valence-corrected chi connectivity index (χ0v) is 14.1. The number of hydrogen-bond acceptors (Lipinski definition) is 5. The number of carbonyl (C=O) groups excluding carboxylic acids is 1. The van der Waals surface area contributed by atoms with Crippen LogP contribution < -0.4 is 4.74 Å². The quantitative estimate of drug-likeness (QED) is 0.691. The Labute approximate surface area is 144 Å². The van der Waals surface area contributed by atoms with Crippen molar-refractivity contribution >= 4 is 17.2 Å². The summed E-state index contributed by atoms with van der Waals surface area (Å²) in [5.41, 5.74) is 4.19. The molecule has 0 aliphatic rings. The van der Waals surface area contributed by atoms with E-state index in [-0.39, 0.29) is 5.91 Å². The van der Waals surface area contributed by atoms with Gasteiger partial charge in [0.1, 0.15) is 12.4 Å². The van der Waals surface area contributed by atoms with Crippen molar-refractivity contribution in [3.05, 3.63) is 76.5 Å². The largest absolute Gasteiger partial charge is 0.486 e. The molecule has 0 N–H and O–H groups in total. The minimum absolute atomic E-state index is 0.0827. The fraction of sp³-hybridized carbons (Fsp3) is 0.167. The van der Waals surface area contributed by atoms with E-state index in [2.05, 4.69) is 9.97 Å². The first-order chi connectivity index (χ1) is 11.7. The van der Waals surface area contributed by atoms with Crippen LogP contribution in [0, 0.1) is 0 Å². The second-order valence-corrected chi connectivity index (χ2v) is 6.00. The number of carbonyl (C=O) groups is 1. The Hall–Kier alpha value is -2.73. The van der Waals surface area contributed by atoms with Crippen molar-refractivity contribution in [1.29, 1.82) is 0 Å². The number of amides is 1. The van der Waals surface area contributed by atoms with Gasteiger partial charge in [-0.3, -0.25) is 9.78 Å². The van der Waals surface area contributed by atoms with E-state index < -0.39 is 0 Å². The van der Waals surface area contributed by atoms with Gasteiger partial charge in [-0.25, -0.2) is 4.98 Å². The molecule has 0 fully saturated rings. The summed E-state index contributed by atoms with van der Waals surface area (Å²) in [6, 6.07) is 11.1. The fourth-order valence-corrected chi connectivity index (χ4v) is 2.81. The topological polar surface area (TPSA) is 55.3 Å². The third kappa shape index (κ3) is 3.97. The molecule has 0 atom stereocenters. The molecule has 0 aliphatic carbocycles. The third-order valence-corrected chi connectivity index (χ3v) is 4.13. The molecule has 2 aromatic heterocycles. The van der Waals surface area contributed by atoms with Crippen LogP contribution in [0.25, 0.3) is 0 Å². The van der Waals surface area contributed by atoms with Gasteiger partial charge in [0.25, 0.3) is 5.91 Å². The van der Waals surface area contributed by atoms with E-state index in [1.807, 2.05) is 29.6 Å². The lowest BCUT2D eigenvalue weighted by molar-refractivity contribution is 0.0780. The van der Waals surface area contributed by atoms with Crippen molar-refractivity contribution in [2.75, 3.05) is 7.05 Å². The number of benzene rings is 1. The monoisotopic (exact) mass is 339 g/mol. The van der Waals surface area contributed by atoms with E-state index in [4.69, 9.17) is 4.74 Å². The van der Waals surface area contributed by atoms with Gasteiger partial charge < -0.3 is 9.64 Å². The summed E-state index contributed by atoms with van der Waals surface area (Å²) in [5, 5.41) is 1.93. The van der Waals surface area contributed by atoms with Crippen LogP contribution >= 0.6 is 11.3 Å². The van der Waals surface area contributed by atoms with E-state index in [9.17, 15) is 4.79 Å². The predicted octanol–water partition coefficient (Wildman–Crippen LogP) is 3.39. The SMILES string of the molecule is CN(Cc1ccncc1)C(=O)c1ccccc1OCc1cscn1. The van der Waals surface area contributed by atoms with Gasteiger partial charge >= 0.3 is 0 Å². The van der Waals surface area contributed by atoms with Crippen molar-refractivity contribution in [2.24, 2.45) is 0 Å². The highest BCUT2D eigenvalue weighted by atomic mass is 32.1. The molecule has 1 aromatic carbocycles. The summed E-state index contributed by atoms with van der Waals surface area (Å²) in [4.78, 5) is 22.6. The molecule has 1 amide bonds. The number of thiazole rings is 1. The summed E-state index contributed by atoms with van der Waals surface area (Å²) < 4.78 is 5.79. The maximum atomic E-state index is 12.7. The number of hydrogen-bond donors (Lipinski definition) is 0. The number of aromatic nitrogens is 2. The molecule has 3 aromatic rings. The fourth-order valence-electron chi connectivity index (χ4n) is 2.27. The highest BCUT2D eigenvalue weighted by molar-refractivity contribution is 7.07.